The first-order chi connectivity index (χ1) is 9.52. The van der Waals surface area contributed by atoms with Crippen LogP contribution in [0.15, 0.2) is 24.4 Å². The molecule has 0 spiro atoms. The van der Waals surface area contributed by atoms with Gasteiger partial charge in [0.1, 0.15) is 0 Å². The molecule has 1 N–H and O–H groups in total. The lowest BCUT2D eigenvalue weighted by Gasteiger charge is -2.16. The molecule has 0 aliphatic carbocycles. The molecule has 0 aliphatic heterocycles. The molecule has 0 saturated carbocycles. The molecule has 1 heterocycles. The lowest BCUT2D eigenvalue weighted by Crippen LogP contribution is -2.19. The topological polar surface area (TPSA) is 29.9 Å². The van der Waals surface area contributed by atoms with Gasteiger partial charge in [0, 0.05) is 29.9 Å². The van der Waals surface area contributed by atoms with Crippen molar-refractivity contribution in [3.63, 3.8) is 0 Å². The van der Waals surface area contributed by atoms with Gasteiger partial charge in [0.05, 0.1) is 5.69 Å². The van der Waals surface area contributed by atoms with E-state index in [1.54, 1.807) is 0 Å². The van der Waals surface area contributed by atoms with E-state index >= 15 is 0 Å². The first-order valence-corrected chi connectivity index (χ1v) is 7.44. The van der Waals surface area contributed by atoms with Crippen LogP contribution in [0, 0.1) is 6.92 Å². The van der Waals surface area contributed by atoms with Crippen LogP contribution >= 0.6 is 11.6 Å². The van der Waals surface area contributed by atoms with E-state index in [-0.39, 0.29) is 6.04 Å². The number of benzene rings is 1. The number of hydrogen-bond donors (Lipinski definition) is 1. The molecular weight excluding hydrogens is 270 g/mol. The summed E-state index contributed by atoms with van der Waals surface area (Å²) >= 11 is 6.45. The normalized spacial score (nSPS) is 12.7. The maximum absolute atomic E-state index is 6.45. The summed E-state index contributed by atoms with van der Waals surface area (Å²) in [5, 5.41) is 8.65. The van der Waals surface area contributed by atoms with Crippen molar-refractivity contribution in [2.24, 2.45) is 7.05 Å². The first kappa shape index (κ1) is 15.1. The Hall–Kier alpha value is -1.32. The van der Waals surface area contributed by atoms with E-state index in [4.69, 9.17) is 11.6 Å². The first-order valence-electron chi connectivity index (χ1n) is 7.06. The minimum Gasteiger partial charge on any atom is -0.310 e. The van der Waals surface area contributed by atoms with Crippen LogP contribution < -0.4 is 5.32 Å². The van der Waals surface area contributed by atoms with Crippen LogP contribution in [-0.4, -0.2) is 16.3 Å². The smallest absolute Gasteiger partial charge is 0.0671 e. The van der Waals surface area contributed by atoms with Crippen LogP contribution in [0.25, 0.3) is 11.1 Å². The van der Waals surface area contributed by atoms with Crippen molar-refractivity contribution in [1.29, 1.82) is 0 Å². The predicted molar refractivity (Wildman–Crippen MR) is 85.1 cm³/mol. The summed E-state index contributed by atoms with van der Waals surface area (Å²) in [6.07, 6.45) is 3.15. The zero-order valence-electron chi connectivity index (χ0n) is 12.6. The molecule has 2 aromatic rings. The van der Waals surface area contributed by atoms with E-state index in [0.717, 1.165) is 40.4 Å². The Morgan fingerprint density at radius 3 is 2.70 bits per heavy atom. The van der Waals surface area contributed by atoms with E-state index in [1.807, 2.05) is 30.9 Å². The van der Waals surface area contributed by atoms with E-state index in [1.165, 1.54) is 0 Å². The molecule has 1 atom stereocenters. The van der Waals surface area contributed by atoms with Gasteiger partial charge in [-0.3, -0.25) is 4.68 Å². The molecule has 0 amide bonds. The second kappa shape index (κ2) is 6.42. The maximum atomic E-state index is 6.45. The lowest BCUT2D eigenvalue weighted by atomic mass is 10.0. The molecule has 0 bridgehead atoms. The Kier molecular flexibility index (Phi) is 4.84. The van der Waals surface area contributed by atoms with E-state index in [0.29, 0.717) is 0 Å². The Morgan fingerprint density at radius 1 is 1.40 bits per heavy atom. The quantitative estimate of drug-likeness (QED) is 0.898. The van der Waals surface area contributed by atoms with Gasteiger partial charge in [-0.05, 0) is 44.0 Å². The fraction of sp³-hybridized carbons (Fsp3) is 0.438. The fourth-order valence-corrected chi connectivity index (χ4v) is 2.74. The van der Waals surface area contributed by atoms with Crippen LogP contribution in [0.4, 0.5) is 0 Å². The van der Waals surface area contributed by atoms with Gasteiger partial charge in [0.2, 0.25) is 0 Å². The van der Waals surface area contributed by atoms with Gasteiger partial charge in [-0.25, -0.2) is 0 Å². The summed E-state index contributed by atoms with van der Waals surface area (Å²) in [5.41, 5.74) is 4.42. The molecule has 0 radical (unpaired) electrons. The highest BCUT2D eigenvalue weighted by atomic mass is 35.5. The molecule has 0 aliphatic rings. The highest BCUT2D eigenvalue weighted by Crippen LogP contribution is 2.30. The number of halogens is 1. The molecule has 4 heteroatoms. The van der Waals surface area contributed by atoms with Crippen molar-refractivity contribution in [3.05, 3.63) is 40.7 Å². The molecule has 108 valence electrons. The van der Waals surface area contributed by atoms with Gasteiger partial charge >= 0.3 is 0 Å². The zero-order chi connectivity index (χ0) is 14.7. The summed E-state index contributed by atoms with van der Waals surface area (Å²) < 4.78 is 1.83. The minimum absolute atomic E-state index is 0.270. The molecule has 1 aromatic heterocycles. The summed E-state index contributed by atoms with van der Waals surface area (Å²) in [5.74, 6) is 0. The number of nitrogens with zero attached hydrogens (tertiary/aromatic N) is 2. The van der Waals surface area contributed by atoms with E-state index < -0.39 is 0 Å². The largest absolute Gasteiger partial charge is 0.310 e. The zero-order valence-corrected chi connectivity index (χ0v) is 13.3. The number of hydrogen-bond acceptors (Lipinski definition) is 2. The van der Waals surface area contributed by atoms with Crippen LogP contribution in [-0.2, 0) is 7.05 Å². The number of nitrogens with one attached hydrogen (secondary N) is 1. The van der Waals surface area contributed by atoms with Crippen LogP contribution in [0.1, 0.15) is 37.6 Å². The Labute approximate surface area is 126 Å². The van der Waals surface area contributed by atoms with Gasteiger partial charge in [-0.1, -0.05) is 30.7 Å². The molecule has 20 heavy (non-hydrogen) atoms. The van der Waals surface area contributed by atoms with Crippen LogP contribution in [0.3, 0.4) is 0 Å². The van der Waals surface area contributed by atoms with E-state index in [2.05, 4.69) is 36.4 Å². The van der Waals surface area contributed by atoms with Crippen molar-refractivity contribution in [1.82, 2.24) is 15.1 Å². The third kappa shape index (κ3) is 3.22. The third-order valence-electron chi connectivity index (χ3n) is 3.49. The molecule has 2 rings (SSSR count). The van der Waals surface area contributed by atoms with Crippen molar-refractivity contribution in [3.8, 4) is 11.1 Å². The summed E-state index contributed by atoms with van der Waals surface area (Å²) in [6, 6.07) is 6.53. The molecule has 0 saturated heterocycles. The van der Waals surface area contributed by atoms with Gasteiger partial charge in [-0.15, -0.1) is 0 Å². The van der Waals surface area contributed by atoms with Gasteiger partial charge in [0.25, 0.3) is 0 Å². The monoisotopic (exact) mass is 291 g/mol. The minimum atomic E-state index is 0.270. The maximum Gasteiger partial charge on any atom is 0.0671 e. The van der Waals surface area contributed by atoms with E-state index in [9.17, 15) is 0 Å². The van der Waals surface area contributed by atoms with Crippen molar-refractivity contribution in [2.75, 3.05) is 6.54 Å². The summed E-state index contributed by atoms with van der Waals surface area (Å²) in [6.45, 7) is 7.32. The molecule has 3 nitrogen and oxygen atoms in total. The molecular formula is C16H22ClN3. The standard InChI is InChI=1S/C16H22ClN3/c1-5-8-18-11(2)14-7-6-13(9-16(14)17)15-10-20(4)19-12(15)3/h6-7,9-11,18H,5,8H2,1-4H3. The number of aryl methyl sites for hydroxylation is 2. The highest BCUT2D eigenvalue weighted by molar-refractivity contribution is 6.31. The van der Waals surface area contributed by atoms with Crippen LogP contribution in [0.5, 0.6) is 0 Å². The second-order valence-electron chi connectivity index (χ2n) is 5.21. The average Bonchev–Trinajstić information content (AvgIpc) is 2.75. The fourth-order valence-electron chi connectivity index (χ4n) is 2.40. The van der Waals surface area contributed by atoms with Gasteiger partial charge in [-0.2, -0.15) is 5.10 Å². The average molecular weight is 292 g/mol. The third-order valence-corrected chi connectivity index (χ3v) is 3.82. The van der Waals surface area contributed by atoms with Gasteiger partial charge in [0.15, 0.2) is 0 Å². The summed E-state index contributed by atoms with van der Waals surface area (Å²) in [7, 11) is 1.93. The van der Waals surface area contributed by atoms with Crippen molar-refractivity contribution in [2.45, 2.75) is 33.2 Å². The highest BCUT2D eigenvalue weighted by Gasteiger charge is 2.12. The SMILES string of the molecule is CCCNC(C)c1ccc(-c2cn(C)nc2C)cc1Cl. The summed E-state index contributed by atoms with van der Waals surface area (Å²) in [4.78, 5) is 0. The number of aromatic nitrogens is 2. The molecule has 0 fully saturated rings. The second-order valence-corrected chi connectivity index (χ2v) is 5.62. The number of rotatable bonds is 5. The molecule has 1 unspecified atom stereocenters. The van der Waals surface area contributed by atoms with Crippen molar-refractivity contribution < 1.29 is 0 Å². The van der Waals surface area contributed by atoms with Crippen LogP contribution in [0.2, 0.25) is 5.02 Å². The Balaban J connectivity index is 2.28. The Bertz CT molecular complexity index is 589. The lowest BCUT2D eigenvalue weighted by molar-refractivity contribution is 0.571. The van der Waals surface area contributed by atoms with Gasteiger partial charge < -0.3 is 5.32 Å². The van der Waals surface area contributed by atoms with Crippen molar-refractivity contribution >= 4 is 11.6 Å². The predicted octanol–water partition coefficient (Wildman–Crippen LogP) is 4.11. The molecule has 1 aromatic carbocycles. The Morgan fingerprint density at radius 2 is 2.15 bits per heavy atom.